The number of halogens is 3. The summed E-state index contributed by atoms with van der Waals surface area (Å²) in [5.74, 6) is -4.69. The average Bonchev–Trinajstić information content (AvgIpc) is 2.49. The van der Waals surface area contributed by atoms with E-state index in [1.807, 2.05) is 0 Å². The van der Waals surface area contributed by atoms with E-state index in [0.717, 1.165) is 6.42 Å². The Balaban J connectivity index is 1.76. The molecule has 26 heavy (non-hydrogen) atoms. The summed E-state index contributed by atoms with van der Waals surface area (Å²) in [6.07, 6.45) is 0.392. The highest BCUT2D eigenvalue weighted by Gasteiger charge is 2.62. The molecule has 4 aliphatic rings. The van der Waals surface area contributed by atoms with Crippen LogP contribution in [0.3, 0.4) is 0 Å². The molecule has 0 aromatic heterocycles. The van der Waals surface area contributed by atoms with Gasteiger partial charge in [-0.2, -0.15) is 0 Å². The minimum atomic E-state index is -3.68. The molecular weight excluding hydrogens is 351 g/mol. The van der Waals surface area contributed by atoms with Gasteiger partial charge in [-0.05, 0) is 50.4 Å². The van der Waals surface area contributed by atoms with E-state index in [-0.39, 0.29) is 30.5 Å². The lowest BCUT2D eigenvalue weighted by molar-refractivity contribution is -0.196. The summed E-state index contributed by atoms with van der Waals surface area (Å²) >= 11 is 0. The molecule has 146 valence electrons. The predicted molar refractivity (Wildman–Crippen MR) is 84.8 cm³/mol. The van der Waals surface area contributed by atoms with E-state index >= 15 is 0 Å². The number of hydrogen-bond acceptors (Lipinski definition) is 4. The van der Waals surface area contributed by atoms with Gasteiger partial charge >= 0.3 is 0 Å². The maximum absolute atomic E-state index is 13.4. The summed E-state index contributed by atoms with van der Waals surface area (Å²) < 4.78 is 43.7. The number of primary amides is 1. The van der Waals surface area contributed by atoms with Crippen LogP contribution in [-0.2, 0) is 19.1 Å². The van der Waals surface area contributed by atoms with Crippen LogP contribution in [0.5, 0.6) is 0 Å². The topological polar surface area (TPSA) is 86.5 Å². The lowest BCUT2D eigenvalue weighted by atomic mass is 9.42. The number of ether oxygens (including phenoxy) is 1. The van der Waals surface area contributed by atoms with Crippen LogP contribution in [0.25, 0.3) is 0 Å². The van der Waals surface area contributed by atoms with Crippen molar-refractivity contribution in [3.63, 3.8) is 0 Å². The Morgan fingerprint density at radius 2 is 1.62 bits per heavy atom. The van der Waals surface area contributed by atoms with Gasteiger partial charge in [-0.3, -0.25) is 14.4 Å². The Bertz CT molecular complexity index is 616. The first kappa shape index (κ1) is 19.3. The summed E-state index contributed by atoms with van der Waals surface area (Å²) in [5.41, 5.74) is 3.57. The van der Waals surface area contributed by atoms with Crippen LogP contribution in [0.1, 0.15) is 51.9 Å². The van der Waals surface area contributed by atoms with Crippen LogP contribution < -0.4 is 5.73 Å². The Labute approximate surface area is 149 Å². The van der Waals surface area contributed by atoms with Gasteiger partial charge in [-0.1, -0.05) is 0 Å². The lowest BCUT2D eigenvalue weighted by Gasteiger charge is -2.60. The number of ketones is 2. The quantitative estimate of drug-likeness (QED) is 0.661. The van der Waals surface area contributed by atoms with Gasteiger partial charge in [0.15, 0.2) is 5.78 Å². The molecule has 4 aliphatic carbocycles. The van der Waals surface area contributed by atoms with Gasteiger partial charge in [-0.15, -0.1) is 0 Å². The molecule has 8 heteroatoms. The van der Waals surface area contributed by atoms with Crippen LogP contribution in [0, 0.1) is 22.7 Å². The van der Waals surface area contributed by atoms with Gasteiger partial charge in [0, 0.05) is 17.8 Å². The monoisotopic (exact) mass is 375 g/mol. The maximum Gasteiger partial charge on any atom is 0.300 e. The Kier molecular flexibility index (Phi) is 4.70. The van der Waals surface area contributed by atoms with Crippen molar-refractivity contribution in [2.24, 2.45) is 28.4 Å². The standard InChI is InChI=1S/C18H24F3NO4/c1-16(20,21)15(19)26-8-13(24)18-6-10-2-11(7-18)5-17(4-10,9-18)12(23)3-14(22)25/h10-11,15H,2-9H2,1H3,(H2,22,25). The highest BCUT2D eigenvalue weighted by Crippen LogP contribution is 2.66. The number of alkyl halides is 3. The number of carbonyl (C=O) groups is 3. The van der Waals surface area contributed by atoms with Crippen LogP contribution in [-0.4, -0.2) is 36.4 Å². The number of rotatable bonds is 8. The van der Waals surface area contributed by atoms with Crippen LogP contribution >= 0.6 is 0 Å². The van der Waals surface area contributed by atoms with E-state index in [1.54, 1.807) is 0 Å². The van der Waals surface area contributed by atoms with Gasteiger partial charge < -0.3 is 10.5 Å². The molecule has 0 spiro atoms. The molecule has 3 unspecified atom stereocenters. The van der Waals surface area contributed by atoms with Crippen molar-refractivity contribution < 1.29 is 32.3 Å². The average molecular weight is 375 g/mol. The Morgan fingerprint density at radius 3 is 2.08 bits per heavy atom. The molecule has 4 rings (SSSR count). The molecule has 3 atom stereocenters. The third-order valence-electron chi connectivity index (χ3n) is 6.34. The molecule has 0 heterocycles. The molecule has 2 N–H and O–H groups in total. The number of carbonyl (C=O) groups excluding carboxylic acids is 3. The van der Waals surface area contributed by atoms with E-state index in [1.165, 1.54) is 0 Å². The lowest BCUT2D eigenvalue weighted by Crippen LogP contribution is -2.58. The molecule has 4 saturated carbocycles. The zero-order chi connectivity index (χ0) is 19.3. The number of Topliss-reactive ketones (excluding diaryl/α,β-unsaturated/α-hetero) is 2. The molecular formula is C18H24F3NO4. The van der Waals surface area contributed by atoms with E-state index in [9.17, 15) is 27.6 Å². The number of hydrogen-bond donors (Lipinski definition) is 1. The van der Waals surface area contributed by atoms with Crippen molar-refractivity contribution in [3.8, 4) is 0 Å². The van der Waals surface area contributed by atoms with E-state index in [0.29, 0.717) is 32.6 Å². The van der Waals surface area contributed by atoms with Crippen molar-refractivity contribution in [1.82, 2.24) is 0 Å². The maximum atomic E-state index is 13.4. The smallest absolute Gasteiger partial charge is 0.300 e. The summed E-state index contributed by atoms with van der Waals surface area (Å²) in [7, 11) is 0. The van der Waals surface area contributed by atoms with Crippen molar-refractivity contribution in [3.05, 3.63) is 0 Å². The molecule has 0 radical (unpaired) electrons. The first-order valence-electron chi connectivity index (χ1n) is 8.94. The zero-order valence-electron chi connectivity index (χ0n) is 14.7. The predicted octanol–water partition coefficient (Wildman–Crippen LogP) is 2.55. The Morgan fingerprint density at radius 1 is 1.12 bits per heavy atom. The van der Waals surface area contributed by atoms with Gasteiger partial charge in [0.25, 0.3) is 12.3 Å². The second-order valence-electron chi connectivity index (χ2n) is 8.59. The van der Waals surface area contributed by atoms with Gasteiger partial charge in [-0.25, -0.2) is 13.2 Å². The number of nitrogens with two attached hydrogens (primary N) is 1. The third-order valence-corrected chi connectivity index (χ3v) is 6.34. The van der Waals surface area contributed by atoms with Crippen molar-refractivity contribution in [2.45, 2.75) is 64.1 Å². The molecule has 0 aromatic carbocycles. The summed E-state index contributed by atoms with van der Waals surface area (Å²) in [6.45, 7) is -0.339. The van der Waals surface area contributed by atoms with Crippen molar-refractivity contribution >= 4 is 17.5 Å². The van der Waals surface area contributed by atoms with Crippen LogP contribution in [0.2, 0.25) is 0 Å². The van der Waals surface area contributed by atoms with Crippen LogP contribution in [0.4, 0.5) is 13.2 Å². The van der Waals surface area contributed by atoms with Crippen molar-refractivity contribution in [1.29, 1.82) is 0 Å². The second kappa shape index (κ2) is 6.32. The number of amides is 1. The van der Waals surface area contributed by atoms with E-state index in [2.05, 4.69) is 4.74 Å². The molecule has 1 amide bonds. The zero-order valence-corrected chi connectivity index (χ0v) is 14.7. The van der Waals surface area contributed by atoms with Crippen molar-refractivity contribution in [2.75, 3.05) is 6.61 Å². The van der Waals surface area contributed by atoms with Crippen LogP contribution in [0.15, 0.2) is 0 Å². The van der Waals surface area contributed by atoms with Gasteiger partial charge in [0.1, 0.15) is 12.4 Å². The highest BCUT2D eigenvalue weighted by atomic mass is 19.3. The Hall–Kier alpha value is -1.44. The molecule has 0 aromatic rings. The third kappa shape index (κ3) is 3.40. The van der Waals surface area contributed by atoms with Gasteiger partial charge in [0.05, 0.1) is 6.42 Å². The molecule has 0 aliphatic heterocycles. The fraction of sp³-hybridized carbons (Fsp3) is 0.833. The SMILES string of the molecule is CC(F)(F)C(F)OCC(=O)C12CC3CC(C1)CC(C(=O)CC(N)=O)(C3)C2. The summed E-state index contributed by atoms with van der Waals surface area (Å²) in [4.78, 5) is 36.6. The molecule has 5 nitrogen and oxygen atoms in total. The first-order chi connectivity index (χ1) is 12.0. The summed E-state index contributed by atoms with van der Waals surface area (Å²) in [6, 6.07) is 0. The molecule has 4 bridgehead atoms. The fourth-order valence-electron chi connectivity index (χ4n) is 5.71. The normalized spacial score (nSPS) is 36.8. The largest absolute Gasteiger partial charge is 0.369 e. The molecule has 0 saturated heterocycles. The fourth-order valence-corrected chi connectivity index (χ4v) is 5.71. The van der Waals surface area contributed by atoms with Gasteiger partial charge in [0.2, 0.25) is 5.91 Å². The molecule has 4 fully saturated rings. The minimum Gasteiger partial charge on any atom is -0.369 e. The summed E-state index contributed by atoms with van der Waals surface area (Å²) in [5, 5.41) is 0. The first-order valence-corrected chi connectivity index (χ1v) is 8.94. The minimum absolute atomic E-state index is 0.172. The van der Waals surface area contributed by atoms with E-state index in [4.69, 9.17) is 5.73 Å². The second-order valence-corrected chi connectivity index (χ2v) is 8.59. The highest BCUT2D eigenvalue weighted by molar-refractivity contribution is 6.01. The van der Waals surface area contributed by atoms with E-state index < -0.39 is 41.4 Å².